The van der Waals surface area contributed by atoms with Crippen LogP contribution in [0.5, 0.6) is 5.75 Å². The molecule has 6 heteroatoms. The average Bonchev–Trinajstić information content (AvgIpc) is 2.53. The van der Waals surface area contributed by atoms with E-state index in [0.717, 1.165) is 23.3 Å². The molecule has 0 saturated carbocycles. The third kappa shape index (κ3) is 3.06. The Balaban J connectivity index is 1.81. The highest BCUT2D eigenvalue weighted by Crippen LogP contribution is 2.24. The minimum absolute atomic E-state index is 0.0386. The van der Waals surface area contributed by atoms with Gasteiger partial charge in [0.2, 0.25) is 0 Å². The van der Waals surface area contributed by atoms with E-state index in [0.29, 0.717) is 13.0 Å². The Morgan fingerprint density at radius 3 is 2.65 bits per heavy atom. The maximum atomic E-state index is 14.0. The highest BCUT2D eigenvalue weighted by molar-refractivity contribution is 5.89. The van der Waals surface area contributed by atoms with E-state index in [-0.39, 0.29) is 22.5 Å². The highest BCUT2D eigenvalue weighted by atomic mass is 19.1. The molecule has 0 radical (unpaired) electrons. The van der Waals surface area contributed by atoms with Crippen molar-refractivity contribution in [3.63, 3.8) is 0 Å². The Kier molecular flexibility index (Phi) is 4.06. The van der Waals surface area contributed by atoms with Crippen molar-refractivity contribution in [1.29, 1.82) is 0 Å². The first kappa shape index (κ1) is 15.1. The van der Waals surface area contributed by atoms with E-state index in [1.54, 1.807) is 12.1 Å². The fourth-order valence-corrected chi connectivity index (χ4v) is 2.51. The Hall–Kier alpha value is -2.76. The highest BCUT2D eigenvalue weighted by Gasteiger charge is 2.12. The molecule has 0 aliphatic rings. The standard InChI is InChI=1S/C17H15F2N3O/c1-10-8-12(23)3-2-11(10)6-7-20-17-15-13(18)4-5-14(19)16(15)21-9-22-17/h2-5,8-9,23H,6-7H2,1H3,(H,20,21,22). The second kappa shape index (κ2) is 6.16. The maximum absolute atomic E-state index is 14.0. The molecule has 4 nitrogen and oxygen atoms in total. The summed E-state index contributed by atoms with van der Waals surface area (Å²) < 4.78 is 27.7. The second-order valence-electron chi connectivity index (χ2n) is 5.26. The van der Waals surface area contributed by atoms with Crippen molar-refractivity contribution in [2.24, 2.45) is 0 Å². The topological polar surface area (TPSA) is 58.0 Å². The van der Waals surface area contributed by atoms with E-state index in [1.165, 1.54) is 6.33 Å². The molecule has 2 N–H and O–H groups in total. The van der Waals surface area contributed by atoms with Crippen molar-refractivity contribution in [2.75, 3.05) is 11.9 Å². The van der Waals surface area contributed by atoms with Crippen LogP contribution < -0.4 is 5.32 Å². The van der Waals surface area contributed by atoms with Crippen LogP contribution in [0.4, 0.5) is 14.6 Å². The summed E-state index contributed by atoms with van der Waals surface area (Å²) in [6, 6.07) is 7.26. The first-order valence-corrected chi connectivity index (χ1v) is 7.17. The zero-order chi connectivity index (χ0) is 16.4. The number of anilines is 1. The molecule has 0 amide bonds. The summed E-state index contributed by atoms with van der Waals surface area (Å²) in [5, 5.41) is 12.5. The fourth-order valence-electron chi connectivity index (χ4n) is 2.51. The zero-order valence-electron chi connectivity index (χ0n) is 12.5. The molecule has 3 aromatic rings. The van der Waals surface area contributed by atoms with Gasteiger partial charge in [0.25, 0.3) is 0 Å². The van der Waals surface area contributed by atoms with Gasteiger partial charge in [-0.3, -0.25) is 0 Å². The largest absolute Gasteiger partial charge is 0.508 e. The normalized spacial score (nSPS) is 10.9. The Morgan fingerprint density at radius 2 is 1.87 bits per heavy atom. The lowest BCUT2D eigenvalue weighted by molar-refractivity contribution is 0.474. The zero-order valence-corrected chi connectivity index (χ0v) is 12.5. The van der Waals surface area contributed by atoms with Gasteiger partial charge in [-0.2, -0.15) is 0 Å². The molecule has 0 fully saturated rings. The van der Waals surface area contributed by atoms with Gasteiger partial charge in [-0.25, -0.2) is 18.7 Å². The molecule has 0 spiro atoms. The van der Waals surface area contributed by atoms with Gasteiger partial charge < -0.3 is 10.4 Å². The van der Waals surface area contributed by atoms with Gasteiger partial charge in [-0.15, -0.1) is 0 Å². The lowest BCUT2D eigenvalue weighted by Gasteiger charge is -2.10. The van der Waals surface area contributed by atoms with E-state index in [4.69, 9.17) is 0 Å². The van der Waals surface area contributed by atoms with Crippen LogP contribution in [0.1, 0.15) is 11.1 Å². The summed E-state index contributed by atoms with van der Waals surface area (Å²) >= 11 is 0. The van der Waals surface area contributed by atoms with Crippen molar-refractivity contribution in [3.05, 3.63) is 59.4 Å². The first-order valence-electron chi connectivity index (χ1n) is 7.17. The van der Waals surface area contributed by atoms with Gasteiger partial charge in [0.1, 0.15) is 35.0 Å². The number of nitrogens with zero attached hydrogens (tertiary/aromatic N) is 2. The molecular formula is C17H15F2N3O. The van der Waals surface area contributed by atoms with Crippen LogP contribution >= 0.6 is 0 Å². The molecule has 0 unspecified atom stereocenters. The molecule has 0 aliphatic carbocycles. The number of halogens is 2. The minimum atomic E-state index is -0.582. The molecule has 1 aromatic heterocycles. The van der Waals surface area contributed by atoms with Gasteiger partial charge in [-0.05, 0) is 48.7 Å². The van der Waals surface area contributed by atoms with Crippen molar-refractivity contribution in [3.8, 4) is 5.75 Å². The van der Waals surface area contributed by atoms with E-state index < -0.39 is 11.6 Å². The van der Waals surface area contributed by atoms with Crippen LogP contribution in [0.2, 0.25) is 0 Å². The van der Waals surface area contributed by atoms with Crippen molar-refractivity contribution >= 4 is 16.7 Å². The molecule has 3 rings (SSSR count). The minimum Gasteiger partial charge on any atom is -0.508 e. The monoisotopic (exact) mass is 315 g/mol. The molecule has 1 heterocycles. The third-order valence-corrected chi connectivity index (χ3v) is 3.70. The SMILES string of the molecule is Cc1cc(O)ccc1CCNc1ncnc2c(F)ccc(F)c12. The van der Waals surface area contributed by atoms with E-state index >= 15 is 0 Å². The van der Waals surface area contributed by atoms with Crippen LogP contribution in [0, 0.1) is 18.6 Å². The van der Waals surface area contributed by atoms with Crippen molar-refractivity contribution in [2.45, 2.75) is 13.3 Å². The van der Waals surface area contributed by atoms with Crippen LogP contribution in [0.25, 0.3) is 10.9 Å². The molecule has 2 aromatic carbocycles. The Morgan fingerprint density at radius 1 is 1.09 bits per heavy atom. The van der Waals surface area contributed by atoms with Crippen LogP contribution in [-0.2, 0) is 6.42 Å². The molecule has 0 aliphatic heterocycles. The average molecular weight is 315 g/mol. The quantitative estimate of drug-likeness (QED) is 0.772. The molecule has 0 saturated heterocycles. The molecule has 0 bridgehead atoms. The third-order valence-electron chi connectivity index (χ3n) is 3.70. The predicted molar refractivity (Wildman–Crippen MR) is 84.5 cm³/mol. The van der Waals surface area contributed by atoms with E-state index in [9.17, 15) is 13.9 Å². The lowest BCUT2D eigenvalue weighted by Crippen LogP contribution is -2.08. The Labute approximate surface area is 131 Å². The smallest absolute Gasteiger partial charge is 0.149 e. The summed E-state index contributed by atoms with van der Waals surface area (Å²) in [5.74, 6) is -0.659. The van der Waals surface area contributed by atoms with Gasteiger partial charge in [0.15, 0.2) is 0 Å². The number of hydrogen-bond donors (Lipinski definition) is 2. The van der Waals surface area contributed by atoms with Gasteiger partial charge in [-0.1, -0.05) is 6.07 Å². The van der Waals surface area contributed by atoms with Gasteiger partial charge in [0, 0.05) is 6.54 Å². The van der Waals surface area contributed by atoms with Crippen LogP contribution in [0.15, 0.2) is 36.7 Å². The number of rotatable bonds is 4. The maximum Gasteiger partial charge on any atom is 0.149 e. The number of phenolic OH excluding ortho intramolecular Hbond substituents is 1. The van der Waals surface area contributed by atoms with Gasteiger partial charge in [0.05, 0.1) is 5.39 Å². The number of aromatic nitrogens is 2. The molecular weight excluding hydrogens is 300 g/mol. The molecule has 23 heavy (non-hydrogen) atoms. The number of hydrogen-bond acceptors (Lipinski definition) is 4. The summed E-state index contributed by atoms with van der Waals surface area (Å²) in [6.07, 6.45) is 1.87. The van der Waals surface area contributed by atoms with Crippen molar-refractivity contribution in [1.82, 2.24) is 9.97 Å². The molecule has 0 atom stereocenters. The van der Waals surface area contributed by atoms with Crippen LogP contribution in [-0.4, -0.2) is 21.6 Å². The Bertz CT molecular complexity index is 868. The fraction of sp³-hybridized carbons (Fsp3) is 0.176. The van der Waals surface area contributed by atoms with E-state index in [1.807, 2.05) is 13.0 Å². The summed E-state index contributed by atoms with van der Waals surface area (Å²) in [4.78, 5) is 7.81. The summed E-state index contributed by atoms with van der Waals surface area (Å²) in [6.45, 7) is 2.40. The first-order chi connectivity index (χ1) is 11.1. The number of benzene rings is 2. The number of aromatic hydroxyl groups is 1. The van der Waals surface area contributed by atoms with Crippen molar-refractivity contribution < 1.29 is 13.9 Å². The number of aryl methyl sites for hydroxylation is 1. The van der Waals surface area contributed by atoms with Gasteiger partial charge >= 0.3 is 0 Å². The lowest BCUT2D eigenvalue weighted by atomic mass is 10.1. The van der Waals surface area contributed by atoms with E-state index in [2.05, 4.69) is 15.3 Å². The summed E-state index contributed by atoms with van der Waals surface area (Å²) in [7, 11) is 0. The van der Waals surface area contributed by atoms with Crippen LogP contribution in [0.3, 0.4) is 0 Å². The number of fused-ring (bicyclic) bond motifs is 1. The second-order valence-corrected chi connectivity index (χ2v) is 5.26. The number of phenols is 1. The predicted octanol–water partition coefficient (Wildman–Crippen LogP) is 3.58. The summed E-state index contributed by atoms with van der Waals surface area (Å²) in [5.41, 5.74) is 1.99. The molecule has 118 valence electrons. The number of nitrogens with one attached hydrogen (secondary N) is 1.